The van der Waals surface area contributed by atoms with Crippen LogP contribution in [0, 0.1) is 0 Å². The van der Waals surface area contributed by atoms with Gasteiger partial charge < -0.3 is 10.2 Å². The minimum absolute atomic E-state index is 0.0478. The Morgan fingerprint density at radius 1 is 1.39 bits per heavy atom. The Kier molecular flexibility index (Phi) is 4.46. The first-order valence-electron chi connectivity index (χ1n) is 5.23. The van der Waals surface area contributed by atoms with E-state index in [-0.39, 0.29) is 12.2 Å². The van der Waals surface area contributed by atoms with E-state index < -0.39 is 18.6 Å². The molecule has 0 atom stereocenters. The molecule has 0 radical (unpaired) electrons. The summed E-state index contributed by atoms with van der Waals surface area (Å²) in [5, 5.41) is 2.70. The number of nitrogens with one attached hydrogen (secondary N) is 1. The highest BCUT2D eigenvalue weighted by Gasteiger charge is 2.33. The largest absolute Gasteiger partial charge is 0.406 e. The quantitative estimate of drug-likeness (QED) is 0.894. The third-order valence-corrected chi connectivity index (χ3v) is 2.17. The fourth-order valence-electron chi connectivity index (χ4n) is 1.27. The van der Waals surface area contributed by atoms with Crippen molar-refractivity contribution in [3.8, 4) is 0 Å². The van der Waals surface area contributed by atoms with Crippen molar-refractivity contribution in [2.45, 2.75) is 13.1 Å². The van der Waals surface area contributed by atoms with E-state index in [9.17, 15) is 18.0 Å². The molecule has 100 valence electrons. The molecule has 1 N–H and O–H groups in total. The van der Waals surface area contributed by atoms with Crippen LogP contribution in [0.2, 0.25) is 0 Å². The van der Waals surface area contributed by atoms with E-state index in [1.807, 2.05) is 0 Å². The van der Waals surface area contributed by atoms with Crippen molar-refractivity contribution < 1.29 is 18.0 Å². The van der Waals surface area contributed by atoms with E-state index in [1.54, 1.807) is 7.05 Å². The third kappa shape index (κ3) is 3.86. The number of aromatic nitrogens is 2. The number of nitrogens with zero attached hydrogens (tertiary/aromatic N) is 3. The summed E-state index contributed by atoms with van der Waals surface area (Å²) in [4.78, 5) is 20.0. The Morgan fingerprint density at radius 2 is 2.06 bits per heavy atom. The molecule has 0 aliphatic rings. The van der Waals surface area contributed by atoms with Gasteiger partial charge in [-0.1, -0.05) is 0 Å². The van der Waals surface area contributed by atoms with Crippen molar-refractivity contribution in [3.63, 3.8) is 0 Å². The molecule has 18 heavy (non-hydrogen) atoms. The fourth-order valence-corrected chi connectivity index (χ4v) is 1.27. The highest BCUT2D eigenvalue weighted by Crippen LogP contribution is 2.17. The topological polar surface area (TPSA) is 58.1 Å². The molecule has 0 aliphatic heterocycles. The Labute approximate surface area is 102 Å². The van der Waals surface area contributed by atoms with Gasteiger partial charge in [-0.05, 0) is 6.92 Å². The molecule has 0 saturated carbocycles. The molecule has 1 aromatic heterocycles. The van der Waals surface area contributed by atoms with Crippen LogP contribution in [0.25, 0.3) is 0 Å². The van der Waals surface area contributed by atoms with Crippen LogP contribution >= 0.6 is 0 Å². The van der Waals surface area contributed by atoms with Crippen LogP contribution in [0.15, 0.2) is 12.4 Å². The molecule has 5 nitrogen and oxygen atoms in total. The van der Waals surface area contributed by atoms with Gasteiger partial charge in [-0.25, -0.2) is 9.97 Å². The second kappa shape index (κ2) is 5.65. The lowest BCUT2D eigenvalue weighted by molar-refractivity contribution is -0.140. The molecule has 0 bridgehead atoms. The maximum absolute atomic E-state index is 12.2. The first-order chi connectivity index (χ1) is 8.37. The minimum Gasteiger partial charge on any atom is -0.372 e. The summed E-state index contributed by atoms with van der Waals surface area (Å²) < 4.78 is 36.7. The predicted octanol–water partition coefficient (Wildman–Crippen LogP) is 1.54. The maximum Gasteiger partial charge on any atom is 0.406 e. The van der Waals surface area contributed by atoms with E-state index in [0.29, 0.717) is 10.7 Å². The summed E-state index contributed by atoms with van der Waals surface area (Å²) in [6.07, 6.45) is -1.99. The summed E-state index contributed by atoms with van der Waals surface area (Å²) in [5.41, 5.74) is -0.111. The van der Waals surface area contributed by atoms with Gasteiger partial charge in [0.2, 0.25) is 0 Å². The van der Waals surface area contributed by atoms with Crippen molar-refractivity contribution in [3.05, 3.63) is 18.1 Å². The zero-order chi connectivity index (χ0) is 13.8. The number of carbonyl (C=O) groups excluding carboxylic acids is 1. The highest BCUT2D eigenvalue weighted by atomic mass is 19.4. The van der Waals surface area contributed by atoms with Crippen LogP contribution in [0.5, 0.6) is 0 Å². The van der Waals surface area contributed by atoms with Crippen molar-refractivity contribution in [2.24, 2.45) is 0 Å². The van der Waals surface area contributed by atoms with Gasteiger partial charge in [-0.2, -0.15) is 13.2 Å². The number of rotatable bonds is 4. The predicted molar refractivity (Wildman–Crippen MR) is 59.2 cm³/mol. The Bertz CT molecular complexity index is 405. The van der Waals surface area contributed by atoms with Gasteiger partial charge in [0, 0.05) is 13.6 Å². The van der Waals surface area contributed by atoms with Gasteiger partial charge in [0.05, 0.1) is 12.4 Å². The van der Waals surface area contributed by atoms with E-state index in [0.717, 1.165) is 6.20 Å². The van der Waals surface area contributed by atoms with E-state index >= 15 is 0 Å². The Hall–Kier alpha value is -1.86. The lowest BCUT2D eigenvalue weighted by atomic mass is 10.3. The molecule has 0 spiro atoms. The summed E-state index contributed by atoms with van der Waals surface area (Å²) in [5.74, 6) is -0.351. The number of carbonyl (C=O) groups is 1. The van der Waals surface area contributed by atoms with Crippen LogP contribution in [-0.4, -0.2) is 47.1 Å². The molecule has 1 aromatic rings. The van der Waals surface area contributed by atoms with Crippen LogP contribution in [0.3, 0.4) is 0 Å². The number of halogens is 3. The molecule has 1 rings (SSSR count). The lowest BCUT2D eigenvalue weighted by Gasteiger charge is -2.21. The van der Waals surface area contributed by atoms with Crippen LogP contribution in [0.4, 0.5) is 19.0 Å². The number of hydrogen-bond donors (Lipinski definition) is 1. The number of hydrogen-bond acceptors (Lipinski definition) is 4. The highest BCUT2D eigenvalue weighted by molar-refractivity contribution is 5.92. The fraction of sp³-hybridized carbons (Fsp3) is 0.500. The van der Waals surface area contributed by atoms with Crippen LogP contribution in [-0.2, 0) is 0 Å². The van der Waals surface area contributed by atoms with Gasteiger partial charge in [0.15, 0.2) is 0 Å². The second-order valence-electron chi connectivity index (χ2n) is 3.47. The number of anilines is 1. The standard InChI is InChI=1S/C10H13F3N4O/c1-3-17(6-10(11,12)13)9(18)7-4-16-8(14-2)5-15-7/h4-5H,3,6H2,1-2H3,(H,14,16). The minimum atomic E-state index is -4.43. The van der Waals surface area contributed by atoms with Crippen molar-refractivity contribution in [2.75, 3.05) is 25.5 Å². The van der Waals surface area contributed by atoms with Gasteiger partial charge in [0.1, 0.15) is 18.1 Å². The van der Waals surface area contributed by atoms with E-state index in [2.05, 4.69) is 15.3 Å². The Balaban J connectivity index is 2.82. The molecule has 1 heterocycles. The Morgan fingerprint density at radius 3 is 2.44 bits per heavy atom. The molecular formula is C10H13F3N4O. The molecule has 0 aromatic carbocycles. The van der Waals surface area contributed by atoms with E-state index in [1.165, 1.54) is 13.1 Å². The van der Waals surface area contributed by atoms with Gasteiger partial charge >= 0.3 is 6.18 Å². The van der Waals surface area contributed by atoms with Gasteiger partial charge in [-0.15, -0.1) is 0 Å². The van der Waals surface area contributed by atoms with Crippen molar-refractivity contribution >= 4 is 11.7 Å². The zero-order valence-corrected chi connectivity index (χ0v) is 9.95. The van der Waals surface area contributed by atoms with Crippen LogP contribution in [0.1, 0.15) is 17.4 Å². The molecule has 8 heteroatoms. The van der Waals surface area contributed by atoms with Gasteiger partial charge in [-0.3, -0.25) is 4.79 Å². The maximum atomic E-state index is 12.2. The lowest BCUT2D eigenvalue weighted by Crippen LogP contribution is -2.39. The molecule has 0 fully saturated rings. The SMILES string of the molecule is CCN(CC(F)(F)F)C(=O)c1cnc(NC)cn1. The van der Waals surface area contributed by atoms with Crippen molar-refractivity contribution in [1.29, 1.82) is 0 Å². The second-order valence-corrected chi connectivity index (χ2v) is 3.47. The summed E-state index contributed by atoms with van der Waals surface area (Å²) >= 11 is 0. The van der Waals surface area contributed by atoms with Gasteiger partial charge in [0.25, 0.3) is 5.91 Å². The first kappa shape index (κ1) is 14.2. The zero-order valence-electron chi connectivity index (χ0n) is 9.95. The average Bonchev–Trinajstić information content (AvgIpc) is 2.34. The third-order valence-electron chi connectivity index (χ3n) is 2.17. The van der Waals surface area contributed by atoms with Crippen molar-refractivity contribution in [1.82, 2.24) is 14.9 Å². The molecule has 0 aliphatic carbocycles. The summed E-state index contributed by atoms with van der Waals surface area (Å²) in [7, 11) is 1.62. The molecule has 1 amide bonds. The average molecular weight is 262 g/mol. The first-order valence-corrected chi connectivity index (χ1v) is 5.23. The number of alkyl halides is 3. The smallest absolute Gasteiger partial charge is 0.372 e. The van der Waals surface area contributed by atoms with E-state index in [4.69, 9.17) is 0 Å². The molecule has 0 unspecified atom stereocenters. The monoisotopic (exact) mass is 262 g/mol. The van der Waals surface area contributed by atoms with Crippen LogP contribution < -0.4 is 5.32 Å². The molecule has 0 saturated heterocycles. The normalized spacial score (nSPS) is 11.2. The number of amides is 1. The summed E-state index contributed by atoms with van der Waals surface area (Å²) in [6.45, 7) is 0.130. The molecular weight excluding hydrogens is 249 g/mol. The summed E-state index contributed by atoms with van der Waals surface area (Å²) in [6, 6.07) is 0.